The molecule has 16 heavy (non-hydrogen) atoms. The van der Waals surface area contributed by atoms with Crippen molar-refractivity contribution in [3.63, 3.8) is 0 Å². The van der Waals surface area contributed by atoms with E-state index in [-0.39, 0.29) is 0 Å². The van der Waals surface area contributed by atoms with Crippen molar-refractivity contribution in [3.8, 4) is 0 Å². The highest BCUT2D eigenvalue weighted by atomic mass is 16.5. The Morgan fingerprint density at radius 3 is 2.88 bits per heavy atom. The molecule has 1 fully saturated rings. The standard InChI is InChI=1S/C10H17N5O/c1-15(8-2-4-16-5-3-8)10-7-12-6-9(13-10)14-11/h6-8H,2-5,11H2,1H3,(H,13,14). The van der Waals surface area contributed by atoms with Gasteiger partial charge in [0.25, 0.3) is 0 Å². The second-order valence-corrected chi connectivity index (χ2v) is 3.86. The summed E-state index contributed by atoms with van der Waals surface area (Å²) in [6.07, 6.45) is 5.40. The molecular formula is C10H17N5O. The molecule has 1 saturated heterocycles. The number of hydrogen-bond acceptors (Lipinski definition) is 6. The van der Waals surface area contributed by atoms with E-state index in [2.05, 4.69) is 20.3 Å². The summed E-state index contributed by atoms with van der Waals surface area (Å²) in [5, 5.41) is 0. The molecule has 1 aliphatic rings. The van der Waals surface area contributed by atoms with Crippen molar-refractivity contribution < 1.29 is 4.74 Å². The summed E-state index contributed by atoms with van der Waals surface area (Å²) >= 11 is 0. The van der Waals surface area contributed by atoms with Crippen molar-refractivity contribution in [1.29, 1.82) is 0 Å². The molecule has 1 aliphatic heterocycles. The van der Waals surface area contributed by atoms with Crippen molar-refractivity contribution in [2.45, 2.75) is 18.9 Å². The minimum absolute atomic E-state index is 0.469. The lowest BCUT2D eigenvalue weighted by molar-refractivity contribution is 0.0853. The first kappa shape index (κ1) is 11.1. The fraction of sp³-hybridized carbons (Fsp3) is 0.600. The van der Waals surface area contributed by atoms with Gasteiger partial charge in [0.2, 0.25) is 0 Å². The molecule has 0 saturated carbocycles. The molecule has 3 N–H and O–H groups in total. The third-order valence-corrected chi connectivity index (χ3v) is 2.87. The molecule has 1 aromatic rings. The van der Waals surface area contributed by atoms with Crippen molar-refractivity contribution >= 4 is 11.6 Å². The zero-order chi connectivity index (χ0) is 11.4. The Labute approximate surface area is 94.8 Å². The minimum atomic E-state index is 0.469. The van der Waals surface area contributed by atoms with Crippen LogP contribution in [0.2, 0.25) is 0 Å². The van der Waals surface area contributed by atoms with Crippen molar-refractivity contribution in [2.75, 3.05) is 30.6 Å². The predicted octanol–water partition coefficient (Wildman–Crippen LogP) is 0.377. The molecule has 0 bridgehead atoms. The van der Waals surface area contributed by atoms with Gasteiger partial charge in [0, 0.05) is 26.3 Å². The first-order chi connectivity index (χ1) is 7.81. The number of ether oxygens (including phenoxy) is 1. The van der Waals surface area contributed by atoms with Crippen LogP contribution in [-0.2, 0) is 4.74 Å². The SMILES string of the molecule is CN(c1cncc(NN)n1)C1CCOCC1. The number of rotatable bonds is 3. The van der Waals surface area contributed by atoms with Crippen LogP contribution in [0.5, 0.6) is 0 Å². The zero-order valence-electron chi connectivity index (χ0n) is 9.39. The maximum Gasteiger partial charge on any atom is 0.160 e. The van der Waals surface area contributed by atoms with E-state index in [0.717, 1.165) is 31.9 Å². The summed E-state index contributed by atoms with van der Waals surface area (Å²) < 4.78 is 5.34. The Bertz CT molecular complexity index is 340. The Hall–Kier alpha value is -1.40. The summed E-state index contributed by atoms with van der Waals surface area (Å²) in [5.74, 6) is 6.72. The molecule has 0 aliphatic carbocycles. The van der Waals surface area contributed by atoms with E-state index >= 15 is 0 Å². The summed E-state index contributed by atoms with van der Waals surface area (Å²) in [6, 6.07) is 0.469. The van der Waals surface area contributed by atoms with Gasteiger partial charge in [0.05, 0.1) is 12.4 Å². The number of nitrogens with two attached hydrogens (primary N) is 1. The average molecular weight is 223 g/mol. The number of hydrogen-bond donors (Lipinski definition) is 2. The molecule has 88 valence electrons. The van der Waals surface area contributed by atoms with Gasteiger partial charge in [0.15, 0.2) is 5.82 Å². The van der Waals surface area contributed by atoms with Crippen molar-refractivity contribution in [1.82, 2.24) is 9.97 Å². The molecule has 0 unspecified atom stereocenters. The average Bonchev–Trinajstić information content (AvgIpc) is 2.39. The van der Waals surface area contributed by atoms with Crippen LogP contribution in [-0.4, -0.2) is 36.3 Å². The fourth-order valence-electron chi connectivity index (χ4n) is 1.85. The molecule has 0 atom stereocenters. The van der Waals surface area contributed by atoms with Crippen LogP contribution >= 0.6 is 0 Å². The molecular weight excluding hydrogens is 206 g/mol. The molecule has 0 amide bonds. The van der Waals surface area contributed by atoms with Gasteiger partial charge in [-0.05, 0) is 12.8 Å². The Balaban J connectivity index is 2.09. The van der Waals surface area contributed by atoms with Gasteiger partial charge in [-0.2, -0.15) is 0 Å². The van der Waals surface area contributed by atoms with E-state index in [4.69, 9.17) is 10.6 Å². The van der Waals surface area contributed by atoms with Gasteiger partial charge >= 0.3 is 0 Å². The van der Waals surface area contributed by atoms with E-state index in [1.165, 1.54) is 0 Å². The normalized spacial score (nSPS) is 17.1. The highest BCUT2D eigenvalue weighted by Crippen LogP contribution is 2.19. The monoisotopic (exact) mass is 223 g/mol. The molecule has 0 aromatic carbocycles. The van der Waals surface area contributed by atoms with Gasteiger partial charge in [-0.1, -0.05) is 0 Å². The van der Waals surface area contributed by atoms with Gasteiger partial charge < -0.3 is 15.1 Å². The summed E-state index contributed by atoms with van der Waals surface area (Å²) in [5.41, 5.74) is 2.50. The lowest BCUT2D eigenvalue weighted by Crippen LogP contribution is -2.37. The second-order valence-electron chi connectivity index (χ2n) is 3.86. The third-order valence-electron chi connectivity index (χ3n) is 2.87. The largest absolute Gasteiger partial charge is 0.381 e. The van der Waals surface area contributed by atoms with Crippen LogP contribution in [0.3, 0.4) is 0 Å². The summed E-state index contributed by atoms with van der Waals surface area (Å²) in [7, 11) is 2.03. The quantitative estimate of drug-likeness (QED) is 0.570. The van der Waals surface area contributed by atoms with E-state index in [9.17, 15) is 0 Å². The number of hydrazine groups is 1. The van der Waals surface area contributed by atoms with Crippen LogP contribution in [0, 0.1) is 0 Å². The first-order valence-corrected chi connectivity index (χ1v) is 5.40. The second kappa shape index (κ2) is 5.09. The third kappa shape index (κ3) is 2.40. The number of nitrogen functional groups attached to an aromatic ring is 1. The van der Waals surface area contributed by atoms with Crippen LogP contribution in [0.25, 0.3) is 0 Å². The van der Waals surface area contributed by atoms with E-state index in [1.54, 1.807) is 12.4 Å². The lowest BCUT2D eigenvalue weighted by Gasteiger charge is -2.31. The zero-order valence-corrected chi connectivity index (χ0v) is 9.39. The van der Waals surface area contributed by atoms with Crippen LogP contribution < -0.4 is 16.2 Å². The molecule has 0 spiro atoms. The maximum atomic E-state index is 5.34. The van der Waals surface area contributed by atoms with E-state index in [1.807, 2.05) is 7.05 Å². The highest BCUT2D eigenvalue weighted by Gasteiger charge is 2.19. The molecule has 6 heteroatoms. The van der Waals surface area contributed by atoms with Crippen molar-refractivity contribution in [2.24, 2.45) is 5.84 Å². The van der Waals surface area contributed by atoms with E-state index in [0.29, 0.717) is 11.9 Å². The minimum Gasteiger partial charge on any atom is -0.381 e. The van der Waals surface area contributed by atoms with Gasteiger partial charge in [-0.3, -0.25) is 4.98 Å². The molecule has 2 heterocycles. The van der Waals surface area contributed by atoms with Crippen LogP contribution in [0.15, 0.2) is 12.4 Å². The molecule has 1 aromatic heterocycles. The van der Waals surface area contributed by atoms with Gasteiger partial charge in [-0.15, -0.1) is 0 Å². The molecule has 0 radical (unpaired) electrons. The Morgan fingerprint density at radius 1 is 1.44 bits per heavy atom. The Morgan fingerprint density at radius 2 is 2.19 bits per heavy atom. The summed E-state index contributed by atoms with van der Waals surface area (Å²) in [4.78, 5) is 10.6. The molecule has 6 nitrogen and oxygen atoms in total. The number of nitrogens with zero attached hydrogens (tertiary/aromatic N) is 3. The van der Waals surface area contributed by atoms with Gasteiger partial charge in [0.1, 0.15) is 5.82 Å². The Kier molecular flexibility index (Phi) is 3.53. The van der Waals surface area contributed by atoms with Crippen LogP contribution in [0.1, 0.15) is 12.8 Å². The van der Waals surface area contributed by atoms with Gasteiger partial charge in [-0.25, -0.2) is 10.8 Å². The predicted molar refractivity (Wildman–Crippen MR) is 62.1 cm³/mol. The van der Waals surface area contributed by atoms with Crippen molar-refractivity contribution in [3.05, 3.63) is 12.4 Å². The molecule has 2 rings (SSSR count). The van der Waals surface area contributed by atoms with E-state index < -0.39 is 0 Å². The highest BCUT2D eigenvalue weighted by molar-refractivity contribution is 5.43. The summed E-state index contributed by atoms with van der Waals surface area (Å²) in [6.45, 7) is 1.63. The topological polar surface area (TPSA) is 76.3 Å². The fourth-order valence-corrected chi connectivity index (χ4v) is 1.85. The number of aromatic nitrogens is 2. The smallest absolute Gasteiger partial charge is 0.160 e. The maximum absolute atomic E-state index is 5.34. The van der Waals surface area contributed by atoms with Crippen LogP contribution in [0.4, 0.5) is 11.6 Å². The number of anilines is 2. The first-order valence-electron chi connectivity index (χ1n) is 5.40. The lowest BCUT2D eigenvalue weighted by atomic mass is 10.1. The number of nitrogens with one attached hydrogen (secondary N) is 1.